The average Bonchev–Trinajstić information content (AvgIpc) is 2.99. The summed E-state index contributed by atoms with van der Waals surface area (Å²) in [5.41, 5.74) is 0.915. The normalized spacial score (nSPS) is 16.5. The second kappa shape index (κ2) is 7.46. The number of carbonyl (C=O) groups excluding carboxylic acids is 2. The van der Waals surface area contributed by atoms with E-state index in [0.29, 0.717) is 5.02 Å². The van der Waals surface area contributed by atoms with Gasteiger partial charge in [-0.3, -0.25) is 9.59 Å². The quantitative estimate of drug-likeness (QED) is 0.849. The molecule has 1 aliphatic carbocycles. The number of nitrogens with one attached hydrogen (secondary N) is 1. The minimum Gasteiger partial charge on any atom is -0.455 e. The highest BCUT2D eigenvalue weighted by Crippen LogP contribution is 2.25. The lowest BCUT2D eigenvalue weighted by molar-refractivity contribution is -0.152. The smallest absolute Gasteiger partial charge is 0.309 e. The third-order valence-electron chi connectivity index (χ3n) is 3.76. The van der Waals surface area contributed by atoms with Crippen LogP contribution in [0.3, 0.4) is 0 Å². The van der Waals surface area contributed by atoms with E-state index < -0.39 is 0 Å². The molecular weight excluding hydrogens is 290 g/mol. The fraction of sp³-hybridized carbons (Fsp3) is 0.500. The first-order chi connectivity index (χ1) is 10.1. The molecular formula is C16H20ClNO3. The number of esters is 1. The van der Waals surface area contributed by atoms with Gasteiger partial charge in [0.15, 0.2) is 6.61 Å². The highest BCUT2D eigenvalue weighted by atomic mass is 35.5. The second-order valence-electron chi connectivity index (χ2n) is 5.43. The van der Waals surface area contributed by atoms with E-state index in [1.54, 1.807) is 12.1 Å². The van der Waals surface area contributed by atoms with Crippen molar-refractivity contribution in [1.29, 1.82) is 0 Å². The van der Waals surface area contributed by atoms with E-state index in [1.165, 1.54) is 0 Å². The summed E-state index contributed by atoms with van der Waals surface area (Å²) < 4.78 is 5.07. The van der Waals surface area contributed by atoms with Gasteiger partial charge in [-0.15, -0.1) is 0 Å². The first-order valence-corrected chi connectivity index (χ1v) is 7.65. The van der Waals surface area contributed by atoms with Crippen LogP contribution in [0.25, 0.3) is 0 Å². The van der Waals surface area contributed by atoms with Crippen molar-refractivity contribution in [3.8, 4) is 0 Å². The average molecular weight is 310 g/mol. The van der Waals surface area contributed by atoms with Crippen LogP contribution in [0.4, 0.5) is 0 Å². The van der Waals surface area contributed by atoms with Crippen molar-refractivity contribution in [2.24, 2.45) is 5.92 Å². The van der Waals surface area contributed by atoms with E-state index in [-0.39, 0.29) is 30.4 Å². The molecule has 1 fully saturated rings. The van der Waals surface area contributed by atoms with Gasteiger partial charge in [-0.25, -0.2) is 0 Å². The molecule has 2 rings (SSSR count). The lowest BCUT2D eigenvalue weighted by Gasteiger charge is -2.15. The van der Waals surface area contributed by atoms with Crippen LogP contribution in [0.5, 0.6) is 0 Å². The van der Waals surface area contributed by atoms with Gasteiger partial charge in [0.25, 0.3) is 5.91 Å². The molecule has 1 saturated carbocycles. The molecule has 1 aromatic carbocycles. The van der Waals surface area contributed by atoms with Gasteiger partial charge in [0, 0.05) is 5.02 Å². The van der Waals surface area contributed by atoms with E-state index in [2.05, 4.69) is 5.32 Å². The standard InChI is InChI=1S/C16H20ClNO3/c1-11(13-7-4-8-14(17)9-13)18-15(19)10-21-16(20)12-5-2-3-6-12/h4,7-9,11-12H,2-3,5-6,10H2,1H3,(H,18,19)/t11-/m1/s1. The SMILES string of the molecule is C[C@@H](NC(=O)COC(=O)C1CCCC1)c1cccc(Cl)c1. The molecule has 0 aliphatic heterocycles. The maximum Gasteiger partial charge on any atom is 0.309 e. The maximum absolute atomic E-state index is 11.8. The molecule has 0 spiro atoms. The third kappa shape index (κ3) is 4.74. The van der Waals surface area contributed by atoms with E-state index in [4.69, 9.17) is 16.3 Å². The lowest BCUT2D eigenvalue weighted by Crippen LogP contribution is -2.32. The summed E-state index contributed by atoms with van der Waals surface area (Å²) in [6.45, 7) is 1.64. The molecule has 0 unspecified atom stereocenters. The van der Waals surface area contributed by atoms with Crippen LogP contribution in [-0.2, 0) is 14.3 Å². The second-order valence-corrected chi connectivity index (χ2v) is 5.87. The molecule has 1 amide bonds. The van der Waals surface area contributed by atoms with E-state index in [9.17, 15) is 9.59 Å². The van der Waals surface area contributed by atoms with Crippen LogP contribution >= 0.6 is 11.6 Å². The van der Waals surface area contributed by atoms with Crippen LogP contribution in [0, 0.1) is 5.92 Å². The molecule has 114 valence electrons. The Kier molecular flexibility index (Phi) is 5.62. The highest BCUT2D eigenvalue weighted by molar-refractivity contribution is 6.30. The Bertz CT molecular complexity index is 512. The van der Waals surface area contributed by atoms with Crippen LogP contribution in [0.15, 0.2) is 24.3 Å². The van der Waals surface area contributed by atoms with Crippen molar-refractivity contribution >= 4 is 23.5 Å². The number of ether oxygens (including phenoxy) is 1. The predicted octanol–water partition coefficient (Wildman–Crippen LogP) is 3.25. The summed E-state index contributed by atoms with van der Waals surface area (Å²) >= 11 is 5.92. The number of hydrogen-bond acceptors (Lipinski definition) is 3. The Morgan fingerprint density at radius 2 is 2.10 bits per heavy atom. The first kappa shape index (κ1) is 15.8. The van der Waals surface area contributed by atoms with Crippen molar-refractivity contribution in [3.63, 3.8) is 0 Å². The molecule has 1 aromatic rings. The minimum atomic E-state index is -0.297. The summed E-state index contributed by atoms with van der Waals surface area (Å²) in [5, 5.41) is 3.42. The number of hydrogen-bond donors (Lipinski definition) is 1. The fourth-order valence-corrected chi connectivity index (χ4v) is 2.76. The van der Waals surface area contributed by atoms with Gasteiger partial charge in [0.05, 0.1) is 12.0 Å². The molecule has 1 atom stereocenters. The Morgan fingerprint density at radius 3 is 2.76 bits per heavy atom. The molecule has 0 aromatic heterocycles. The number of carbonyl (C=O) groups is 2. The molecule has 0 saturated heterocycles. The lowest BCUT2D eigenvalue weighted by atomic mass is 10.1. The molecule has 4 nitrogen and oxygen atoms in total. The van der Waals surface area contributed by atoms with E-state index >= 15 is 0 Å². The molecule has 21 heavy (non-hydrogen) atoms. The Balaban J connectivity index is 1.77. The van der Waals surface area contributed by atoms with Gasteiger partial charge in [-0.1, -0.05) is 36.6 Å². The van der Waals surface area contributed by atoms with Crippen LogP contribution in [-0.4, -0.2) is 18.5 Å². The zero-order chi connectivity index (χ0) is 15.2. The summed E-state index contributed by atoms with van der Waals surface area (Å²) in [7, 11) is 0. The summed E-state index contributed by atoms with van der Waals surface area (Å²) in [6.07, 6.45) is 3.88. The van der Waals surface area contributed by atoms with E-state index in [1.807, 2.05) is 19.1 Å². The van der Waals surface area contributed by atoms with Crippen molar-refractivity contribution < 1.29 is 14.3 Å². The molecule has 0 heterocycles. The number of benzene rings is 1. The summed E-state index contributed by atoms with van der Waals surface area (Å²) in [6, 6.07) is 7.13. The summed E-state index contributed by atoms with van der Waals surface area (Å²) in [4.78, 5) is 23.5. The topological polar surface area (TPSA) is 55.4 Å². The molecule has 1 N–H and O–H groups in total. The monoisotopic (exact) mass is 309 g/mol. The fourth-order valence-electron chi connectivity index (χ4n) is 2.56. The van der Waals surface area contributed by atoms with Crippen LogP contribution < -0.4 is 5.32 Å². The zero-order valence-electron chi connectivity index (χ0n) is 12.1. The van der Waals surface area contributed by atoms with Crippen molar-refractivity contribution in [3.05, 3.63) is 34.9 Å². The van der Waals surface area contributed by atoms with Gasteiger partial charge >= 0.3 is 5.97 Å². The Morgan fingerprint density at radius 1 is 1.38 bits per heavy atom. The van der Waals surface area contributed by atoms with Crippen molar-refractivity contribution in [2.75, 3.05) is 6.61 Å². The first-order valence-electron chi connectivity index (χ1n) is 7.27. The Labute approximate surface area is 129 Å². The van der Waals surface area contributed by atoms with Gasteiger partial charge in [-0.2, -0.15) is 0 Å². The Hall–Kier alpha value is -1.55. The highest BCUT2D eigenvalue weighted by Gasteiger charge is 2.24. The molecule has 0 radical (unpaired) electrons. The largest absolute Gasteiger partial charge is 0.455 e. The molecule has 1 aliphatic rings. The van der Waals surface area contributed by atoms with Gasteiger partial charge in [0.1, 0.15) is 0 Å². The molecule has 0 bridgehead atoms. The summed E-state index contributed by atoms with van der Waals surface area (Å²) in [5.74, 6) is -0.574. The van der Waals surface area contributed by atoms with Gasteiger partial charge < -0.3 is 10.1 Å². The van der Waals surface area contributed by atoms with Crippen LogP contribution in [0.2, 0.25) is 5.02 Å². The van der Waals surface area contributed by atoms with E-state index in [0.717, 1.165) is 31.2 Å². The zero-order valence-corrected chi connectivity index (χ0v) is 12.9. The van der Waals surface area contributed by atoms with Crippen molar-refractivity contribution in [1.82, 2.24) is 5.32 Å². The van der Waals surface area contributed by atoms with Crippen LogP contribution in [0.1, 0.15) is 44.2 Å². The maximum atomic E-state index is 11.8. The minimum absolute atomic E-state index is 0.0249. The predicted molar refractivity (Wildman–Crippen MR) is 80.9 cm³/mol. The number of rotatable bonds is 5. The van der Waals surface area contributed by atoms with Gasteiger partial charge in [-0.05, 0) is 37.5 Å². The molecule has 5 heteroatoms. The van der Waals surface area contributed by atoms with Crippen molar-refractivity contribution in [2.45, 2.75) is 38.6 Å². The number of amides is 1. The van der Waals surface area contributed by atoms with Gasteiger partial charge in [0.2, 0.25) is 0 Å². The number of halogens is 1. The third-order valence-corrected chi connectivity index (χ3v) is 4.00.